The third-order valence-corrected chi connectivity index (χ3v) is 12.2. The molecule has 0 amide bonds. The van der Waals surface area contributed by atoms with Crippen LogP contribution in [0, 0.1) is 23.7 Å². The maximum atomic E-state index is 14.3. The van der Waals surface area contributed by atoms with Crippen molar-refractivity contribution in [1.29, 1.82) is 0 Å². The van der Waals surface area contributed by atoms with Crippen molar-refractivity contribution in [3.8, 4) is 0 Å². The fourth-order valence-corrected chi connectivity index (χ4v) is 8.55. The molecule has 0 saturated carbocycles. The van der Waals surface area contributed by atoms with Gasteiger partial charge in [0.1, 0.15) is 29.8 Å². The Hall–Kier alpha value is -2.51. The van der Waals surface area contributed by atoms with Crippen molar-refractivity contribution >= 4 is 25.4 Å². The predicted molar refractivity (Wildman–Crippen MR) is 207 cm³/mol. The fraction of sp³-hybridized carbons (Fsp3) is 0.868. The minimum Gasteiger partial charge on any atom is -0.459 e. The summed E-state index contributed by atoms with van der Waals surface area (Å²) in [6, 6.07) is -0.345. The van der Waals surface area contributed by atoms with Gasteiger partial charge in [-0.1, -0.05) is 38.1 Å². The first-order valence-corrected chi connectivity index (χ1v) is 20.0. The highest BCUT2D eigenvalue weighted by Crippen LogP contribution is 2.39. The average molecular weight is 779 g/mol. The smallest absolute Gasteiger partial charge is 0.316 e. The number of nitrogens with one attached hydrogen (secondary N) is 1. The molecule has 0 radical (unpaired) electrons. The molecule has 55 heavy (non-hydrogen) atoms. The lowest BCUT2D eigenvalue weighted by atomic mass is 9.74. The van der Waals surface area contributed by atoms with Crippen LogP contribution in [0.25, 0.3) is 0 Å². The molecule has 3 fully saturated rings. The molecule has 1 aromatic rings. The van der Waals surface area contributed by atoms with Gasteiger partial charge in [-0.25, -0.2) is 0 Å². The number of ether oxygens (including phenoxy) is 4. The SMILES string of the molecule is Bn1cc(CCN(C)[C@H]2C[C@@H](C)O[C@@H](O[C@@H]3[C@@H](C)C(=O)[C@@H](C)C(=O)O[C@H](CC)[C@@](C)(O)[C@H](O)[C@H](C)/C(=N/O[C@@H]4CCCNC4)[C@H](C)C[C@@]3(C)OC)[C@@H]2O)nn1. The third-order valence-electron chi connectivity index (χ3n) is 12.2. The number of aliphatic hydroxyl groups is 3. The molecule has 3 aliphatic heterocycles. The van der Waals surface area contributed by atoms with E-state index in [9.17, 15) is 24.9 Å². The Kier molecular flexibility index (Phi) is 15.9. The zero-order chi connectivity index (χ0) is 40.8. The van der Waals surface area contributed by atoms with Crippen LogP contribution in [0.4, 0.5) is 0 Å². The number of carbonyl (C=O) groups excluding carboxylic acids is 2. The average Bonchev–Trinajstić information content (AvgIpc) is 3.59. The van der Waals surface area contributed by atoms with Gasteiger partial charge in [-0.2, -0.15) is 0 Å². The lowest BCUT2D eigenvalue weighted by molar-refractivity contribution is -0.295. The summed E-state index contributed by atoms with van der Waals surface area (Å²) in [5.41, 5.74) is -1.82. The number of nitrogens with zero attached hydrogens (tertiary/aromatic N) is 5. The standard InChI is InChI=1S/C38H67BN6O10/c1-11-29-38(8,50)33(48)23(4)30(42-55-27-13-12-15-40-19-27)21(2)18-37(7,51-10)34(24(5)31(46)25(6)35(49)53-29)54-36-32(47)28(17-22(3)52-36)44(9)16-14-26-20-45(39)43-41-26/h20-25,27-29,32-34,36,40,47-48,50H,11-19,39H2,1-10H3/b42-30+/t21-,22-,23-,24+,25-,27-,28+,29-,32-,33-,34-,36+,37-,38-/m1/s1. The lowest BCUT2D eigenvalue weighted by Gasteiger charge is -2.47. The van der Waals surface area contributed by atoms with E-state index < -0.39 is 77.3 Å². The van der Waals surface area contributed by atoms with E-state index in [0.29, 0.717) is 31.6 Å². The van der Waals surface area contributed by atoms with E-state index in [4.69, 9.17) is 23.8 Å². The summed E-state index contributed by atoms with van der Waals surface area (Å²) >= 11 is 0. The van der Waals surface area contributed by atoms with Gasteiger partial charge in [0.25, 0.3) is 7.98 Å². The maximum absolute atomic E-state index is 14.3. The molecule has 312 valence electrons. The van der Waals surface area contributed by atoms with Crippen LogP contribution in [0.5, 0.6) is 0 Å². The number of Topliss-reactive ketones (excluding diaryl/α,β-unsaturated/α-hetero) is 1. The van der Waals surface area contributed by atoms with Crippen LogP contribution >= 0.6 is 0 Å². The zero-order valence-corrected chi connectivity index (χ0v) is 34.8. The summed E-state index contributed by atoms with van der Waals surface area (Å²) in [6.07, 6.45) is -1.13. The number of rotatable bonds is 10. The number of oxime groups is 1. The Balaban J connectivity index is 1.72. The van der Waals surface area contributed by atoms with Gasteiger partial charge < -0.3 is 53.9 Å². The van der Waals surface area contributed by atoms with Crippen molar-refractivity contribution in [2.24, 2.45) is 28.8 Å². The van der Waals surface area contributed by atoms with Gasteiger partial charge in [0.2, 0.25) is 0 Å². The first kappa shape index (κ1) is 45.2. The van der Waals surface area contributed by atoms with Gasteiger partial charge in [-0.15, -0.1) is 5.10 Å². The van der Waals surface area contributed by atoms with Crippen LogP contribution < -0.4 is 5.32 Å². The van der Waals surface area contributed by atoms with Gasteiger partial charge in [-0.05, 0) is 73.4 Å². The highest BCUT2D eigenvalue weighted by molar-refractivity contribution is 6.05. The Morgan fingerprint density at radius 1 is 1.16 bits per heavy atom. The molecule has 3 aliphatic rings. The number of aliphatic hydroxyl groups excluding tert-OH is 2. The Bertz CT molecular complexity index is 1440. The van der Waals surface area contributed by atoms with Gasteiger partial charge in [0.05, 0.1) is 35.3 Å². The minimum atomic E-state index is -1.89. The molecule has 0 aromatic carbocycles. The molecular weight excluding hydrogens is 711 g/mol. The number of esters is 1. The summed E-state index contributed by atoms with van der Waals surface area (Å²) in [4.78, 5) is 36.1. The normalized spacial score (nSPS) is 40.9. The van der Waals surface area contributed by atoms with E-state index in [1.165, 1.54) is 21.0 Å². The number of methoxy groups -OCH3 is 1. The van der Waals surface area contributed by atoms with Crippen molar-refractivity contribution < 1.29 is 48.7 Å². The number of aromatic nitrogens is 3. The molecule has 16 nitrogen and oxygen atoms in total. The van der Waals surface area contributed by atoms with E-state index in [0.717, 1.165) is 25.1 Å². The second-order valence-corrected chi connectivity index (χ2v) is 16.7. The predicted octanol–water partition coefficient (Wildman–Crippen LogP) is 0.879. The van der Waals surface area contributed by atoms with Crippen LogP contribution in [0.15, 0.2) is 11.4 Å². The molecule has 1 aromatic heterocycles. The van der Waals surface area contributed by atoms with Crippen LogP contribution in [-0.2, 0) is 39.8 Å². The van der Waals surface area contributed by atoms with Crippen molar-refractivity contribution in [2.45, 2.75) is 154 Å². The van der Waals surface area contributed by atoms with E-state index >= 15 is 0 Å². The molecule has 3 saturated heterocycles. The third kappa shape index (κ3) is 10.7. The number of hydrogen-bond acceptors (Lipinski definition) is 15. The van der Waals surface area contributed by atoms with Gasteiger partial charge in [0.15, 0.2) is 12.1 Å². The van der Waals surface area contributed by atoms with Gasteiger partial charge in [-0.3, -0.25) is 9.59 Å². The largest absolute Gasteiger partial charge is 0.459 e. The second kappa shape index (κ2) is 19.3. The van der Waals surface area contributed by atoms with Crippen molar-refractivity contribution in [2.75, 3.05) is 33.8 Å². The van der Waals surface area contributed by atoms with Crippen molar-refractivity contribution in [3.05, 3.63) is 11.9 Å². The van der Waals surface area contributed by atoms with Crippen LogP contribution in [0.1, 0.15) is 93.2 Å². The summed E-state index contributed by atoms with van der Waals surface area (Å²) < 4.78 is 26.8. The molecule has 4 heterocycles. The number of likely N-dealkylation sites (N-methyl/N-ethyl adjacent to an activating group) is 1. The van der Waals surface area contributed by atoms with Crippen LogP contribution in [-0.4, -0.2) is 155 Å². The van der Waals surface area contributed by atoms with Crippen molar-refractivity contribution in [3.63, 3.8) is 0 Å². The van der Waals surface area contributed by atoms with Crippen molar-refractivity contribution in [1.82, 2.24) is 25.1 Å². The van der Waals surface area contributed by atoms with Crippen LogP contribution in [0.3, 0.4) is 0 Å². The Labute approximate surface area is 327 Å². The molecule has 0 bridgehead atoms. The van der Waals surface area contributed by atoms with E-state index in [2.05, 4.69) is 25.7 Å². The van der Waals surface area contributed by atoms with Gasteiger partial charge in [0, 0.05) is 56.6 Å². The molecule has 4 rings (SSSR count). The summed E-state index contributed by atoms with van der Waals surface area (Å²) in [6.45, 7) is 15.9. The summed E-state index contributed by atoms with van der Waals surface area (Å²) in [5.74, 6) is -4.68. The maximum Gasteiger partial charge on any atom is 0.316 e. The molecule has 0 aliphatic carbocycles. The number of cyclic esters (lactones) is 1. The number of piperidine rings is 1. The first-order valence-electron chi connectivity index (χ1n) is 20.0. The Morgan fingerprint density at radius 2 is 1.87 bits per heavy atom. The lowest BCUT2D eigenvalue weighted by Crippen LogP contribution is -2.60. The second-order valence-electron chi connectivity index (χ2n) is 16.7. The quantitative estimate of drug-likeness (QED) is 0.113. The number of ketones is 1. The highest BCUT2D eigenvalue weighted by atomic mass is 16.7. The summed E-state index contributed by atoms with van der Waals surface area (Å²) in [7, 11) is 5.28. The zero-order valence-electron chi connectivity index (χ0n) is 34.8. The molecular formula is C38H67BN6O10. The minimum absolute atomic E-state index is 0.182. The molecule has 4 N–H and O–H groups in total. The molecule has 14 atom stereocenters. The monoisotopic (exact) mass is 779 g/mol. The number of hydrogen-bond donors (Lipinski definition) is 4. The van der Waals surface area contributed by atoms with E-state index in [1.807, 2.05) is 42.0 Å². The first-order chi connectivity index (χ1) is 25.8. The summed E-state index contributed by atoms with van der Waals surface area (Å²) in [5, 5.41) is 51.6. The van der Waals surface area contributed by atoms with Crippen LogP contribution in [0.2, 0.25) is 0 Å². The van der Waals surface area contributed by atoms with E-state index in [1.54, 1.807) is 25.4 Å². The van der Waals surface area contributed by atoms with E-state index in [-0.39, 0.29) is 31.1 Å². The fourth-order valence-electron chi connectivity index (χ4n) is 8.55. The highest BCUT2D eigenvalue weighted by Gasteiger charge is 2.52. The molecule has 0 spiro atoms. The Morgan fingerprint density at radius 3 is 2.47 bits per heavy atom. The van der Waals surface area contributed by atoms with Gasteiger partial charge >= 0.3 is 5.97 Å². The number of carbonyl (C=O) groups is 2. The molecule has 17 heteroatoms. The molecule has 0 unspecified atom stereocenters. The topological polar surface area (TPSA) is 199 Å².